The van der Waals surface area contributed by atoms with E-state index in [-0.39, 0.29) is 11.8 Å². The molecule has 5 nitrogen and oxygen atoms in total. The topological polar surface area (TPSA) is 62.3 Å². The highest BCUT2D eigenvalue weighted by molar-refractivity contribution is 7.10. The molecule has 0 bridgehead atoms. The van der Waals surface area contributed by atoms with Crippen molar-refractivity contribution in [2.24, 2.45) is 5.92 Å². The zero-order valence-corrected chi connectivity index (χ0v) is 14.7. The van der Waals surface area contributed by atoms with E-state index in [1.165, 1.54) is 0 Å². The minimum absolute atomic E-state index is 0.0590. The summed E-state index contributed by atoms with van der Waals surface area (Å²) in [6.07, 6.45) is 8.50. The van der Waals surface area contributed by atoms with Gasteiger partial charge in [-0.3, -0.25) is 14.6 Å². The molecule has 1 aliphatic heterocycles. The fourth-order valence-electron chi connectivity index (χ4n) is 2.87. The molecule has 0 atom stereocenters. The van der Waals surface area contributed by atoms with Gasteiger partial charge in [0.2, 0.25) is 5.91 Å². The zero-order valence-electron chi connectivity index (χ0n) is 13.9. The van der Waals surface area contributed by atoms with Crippen LogP contribution in [0.5, 0.6) is 0 Å². The molecule has 6 heteroatoms. The summed E-state index contributed by atoms with van der Waals surface area (Å²) < 4.78 is 0. The molecule has 3 rings (SSSR count). The first-order valence-electron chi connectivity index (χ1n) is 8.41. The Labute approximate surface area is 151 Å². The number of nitrogens with zero attached hydrogens (tertiary/aromatic N) is 2. The van der Waals surface area contributed by atoms with Crippen LogP contribution in [0.4, 0.5) is 0 Å². The van der Waals surface area contributed by atoms with Gasteiger partial charge in [-0.2, -0.15) is 0 Å². The van der Waals surface area contributed by atoms with Gasteiger partial charge in [-0.15, -0.1) is 11.3 Å². The lowest BCUT2D eigenvalue weighted by molar-refractivity contribution is -0.116. The van der Waals surface area contributed by atoms with Crippen molar-refractivity contribution in [2.75, 3.05) is 19.6 Å². The molecular formula is C19H21N3O2S. The first-order valence-corrected chi connectivity index (χ1v) is 9.29. The molecule has 1 saturated heterocycles. The molecular weight excluding hydrogens is 334 g/mol. The summed E-state index contributed by atoms with van der Waals surface area (Å²) in [5, 5.41) is 4.94. The maximum absolute atomic E-state index is 12.4. The highest BCUT2D eigenvalue weighted by Gasteiger charge is 2.23. The Hall–Kier alpha value is -2.47. The minimum Gasteiger partial charge on any atom is -0.352 e. The second-order valence-corrected chi connectivity index (χ2v) is 7.04. The van der Waals surface area contributed by atoms with E-state index < -0.39 is 0 Å². The van der Waals surface area contributed by atoms with Crippen LogP contribution in [0.2, 0.25) is 0 Å². The van der Waals surface area contributed by atoms with E-state index in [9.17, 15) is 9.59 Å². The van der Waals surface area contributed by atoms with Crippen molar-refractivity contribution in [3.05, 3.63) is 58.6 Å². The summed E-state index contributed by atoms with van der Waals surface area (Å²) in [5.74, 6) is 0.410. The van der Waals surface area contributed by atoms with E-state index in [4.69, 9.17) is 0 Å². The maximum Gasteiger partial charge on any atom is 0.253 e. The third-order valence-electron chi connectivity index (χ3n) is 4.34. The largest absolute Gasteiger partial charge is 0.352 e. The number of hydrogen-bond acceptors (Lipinski definition) is 4. The average Bonchev–Trinajstić information content (AvgIpc) is 3.19. The van der Waals surface area contributed by atoms with Gasteiger partial charge in [0.1, 0.15) is 0 Å². The van der Waals surface area contributed by atoms with Crippen molar-refractivity contribution < 1.29 is 9.59 Å². The molecule has 2 aromatic heterocycles. The first kappa shape index (κ1) is 17.4. The van der Waals surface area contributed by atoms with Crippen LogP contribution >= 0.6 is 11.3 Å². The molecule has 0 unspecified atom stereocenters. The van der Waals surface area contributed by atoms with E-state index in [1.54, 1.807) is 41.9 Å². The van der Waals surface area contributed by atoms with Gasteiger partial charge in [-0.05, 0) is 48.4 Å². The lowest BCUT2D eigenvalue weighted by atomic mass is 9.96. The van der Waals surface area contributed by atoms with Crippen molar-refractivity contribution >= 4 is 29.2 Å². The van der Waals surface area contributed by atoms with Crippen LogP contribution in [0.25, 0.3) is 6.08 Å². The molecule has 0 spiro atoms. The second-order valence-electron chi connectivity index (χ2n) is 6.07. The summed E-state index contributed by atoms with van der Waals surface area (Å²) in [5.41, 5.74) is 0.681. The molecule has 1 N–H and O–H groups in total. The van der Waals surface area contributed by atoms with E-state index in [1.807, 2.05) is 28.5 Å². The van der Waals surface area contributed by atoms with E-state index >= 15 is 0 Å². The summed E-state index contributed by atoms with van der Waals surface area (Å²) in [6.45, 7) is 2.12. The molecule has 0 radical (unpaired) electrons. The Morgan fingerprint density at radius 2 is 2.00 bits per heavy atom. The fraction of sp³-hybridized carbons (Fsp3) is 0.316. The van der Waals surface area contributed by atoms with Gasteiger partial charge in [-0.1, -0.05) is 6.07 Å². The smallest absolute Gasteiger partial charge is 0.253 e. The van der Waals surface area contributed by atoms with E-state index in [2.05, 4.69) is 10.3 Å². The Morgan fingerprint density at radius 3 is 2.68 bits per heavy atom. The first-order chi connectivity index (χ1) is 12.2. The van der Waals surface area contributed by atoms with Crippen LogP contribution in [0.1, 0.15) is 28.1 Å². The number of piperidine rings is 1. The van der Waals surface area contributed by atoms with Gasteiger partial charge >= 0.3 is 0 Å². The van der Waals surface area contributed by atoms with Gasteiger partial charge in [0.15, 0.2) is 0 Å². The second kappa shape index (κ2) is 8.58. The van der Waals surface area contributed by atoms with Gasteiger partial charge in [0.05, 0.1) is 0 Å². The monoisotopic (exact) mass is 355 g/mol. The number of amides is 2. The summed E-state index contributed by atoms with van der Waals surface area (Å²) >= 11 is 1.60. The minimum atomic E-state index is -0.0660. The number of nitrogens with one attached hydrogen (secondary N) is 1. The van der Waals surface area contributed by atoms with Crippen LogP contribution < -0.4 is 5.32 Å². The van der Waals surface area contributed by atoms with Crippen molar-refractivity contribution in [3.8, 4) is 0 Å². The van der Waals surface area contributed by atoms with Crippen molar-refractivity contribution in [1.29, 1.82) is 0 Å². The molecule has 1 aliphatic rings. The number of carbonyl (C=O) groups excluding carboxylic acids is 2. The fourth-order valence-corrected chi connectivity index (χ4v) is 3.48. The van der Waals surface area contributed by atoms with Crippen LogP contribution in [0, 0.1) is 5.92 Å². The number of carbonyl (C=O) groups is 2. The summed E-state index contributed by atoms with van der Waals surface area (Å²) in [7, 11) is 0. The number of hydrogen-bond donors (Lipinski definition) is 1. The highest BCUT2D eigenvalue weighted by Crippen LogP contribution is 2.18. The van der Waals surface area contributed by atoms with Crippen LogP contribution in [-0.2, 0) is 4.79 Å². The van der Waals surface area contributed by atoms with Gasteiger partial charge in [0.25, 0.3) is 5.91 Å². The SMILES string of the molecule is O=C(/C=C/c1cccs1)NCC1CCN(C(=O)c2ccncc2)CC1. The number of thiophene rings is 1. The molecule has 130 valence electrons. The summed E-state index contributed by atoms with van der Waals surface area (Å²) in [6, 6.07) is 7.43. The Balaban J connectivity index is 1.40. The third kappa shape index (κ3) is 5.00. The molecule has 0 saturated carbocycles. The van der Waals surface area contributed by atoms with E-state index in [0.717, 1.165) is 30.8 Å². The molecule has 0 aromatic carbocycles. The van der Waals surface area contributed by atoms with Gasteiger partial charge in [0, 0.05) is 48.5 Å². The number of likely N-dealkylation sites (tertiary alicyclic amines) is 1. The van der Waals surface area contributed by atoms with Gasteiger partial charge < -0.3 is 10.2 Å². The van der Waals surface area contributed by atoms with Crippen LogP contribution in [-0.4, -0.2) is 41.3 Å². The molecule has 3 heterocycles. The van der Waals surface area contributed by atoms with Gasteiger partial charge in [-0.25, -0.2) is 0 Å². The van der Waals surface area contributed by atoms with Crippen molar-refractivity contribution in [2.45, 2.75) is 12.8 Å². The Morgan fingerprint density at radius 1 is 1.24 bits per heavy atom. The van der Waals surface area contributed by atoms with Crippen molar-refractivity contribution in [1.82, 2.24) is 15.2 Å². The molecule has 2 aromatic rings. The third-order valence-corrected chi connectivity index (χ3v) is 5.17. The lowest BCUT2D eigenvalue weighted by Crippen LogP contribution is -2.41. The van der Waals surface area contributed by atoms with Crippen LogP contribution in [0.3, 0.4) is 0 Å². The number of rotatable bonds is 5. The zero-order chi connectivity index (χ0) is 17.5. The lowest BCUT2D eigenvalue weighted by Gasteiger charge is -2.32. The summed E-state index contributed by atoms with van der Waals surface area (Å²) in [4.78, 5) is 31.2. The molecule has 2 amide bonds. The van der Waals surface area contributed by atoms with E-state index in [0.29, 0.717) is 18.0 Å². The standard InChI is InChI=1S/C19H21N3O2S/c23-18(4-3-17-2-1-13-25-17)21-14-15-7-11-22(12-8-15)19(24)16-5-9-20-10-6-16/h1-6,9-10,13,15H,7-8,11-12,14H2,(H,21,23)/b4-3+. The predicted molar refractivity (Wildman–Crippen MR) is 99.2 cm³/mol. The normalized spacial score (nSPS) is 15.4. The molecule has 1 fully saturated rings. The predicted octanol–water partition coefficient (Wildman–Crippen LogP) is 2.82. The highest BCUT2D eigenvalue weighted by atomic mass is 32.1. The Bertz CT molecular complexity index is 720. The van der Waals surface area contributed by atoms with Crippen molar-refractivity contribution in [3.63, 3.8) is 0 Å². The molecule has 0 aliphatic carbocycles. The van der Waals surface area contributed by atoms with Crippen LogP contribution in [0.15, 0.2) is 48.1 Å². The maximum atomic E-state index is 12.4. The number of pyridine rings is 1. The molecule has 25 heavy (non-hydrogen) atoms. The quantitative estimate of drug-likeness (QED) is 0.839. The number of aromatic nitrogens is 1. The Kier molecular flexibility index (Phi) is 5.95. The average molecular weight is 355 g/mol.